The third kappa shape index (κ3) is 4.40. The van der Waals surface area contributed by atoms with Gasteiger partial charge in [-0.3, -0.25) is 4.79 Å². The van der Waals surface area contributed by atoms with E-state index in [0.29, 0.717) is 12.8 Å². The molecule has 0 aliphatic heterocycles. The summed E-state index contributed by atoms with van der Waals surface area (Å²) in [6, 6.07) is 7.20. The molecule has 0 saturated heterocycles. The van der Waals surface area contributed by atoms with Gasteiger partial charge in [-0.05, 0) is 31.4 Å². The zero-order valence-corrected chi connectivity index (χ0v) is 11.4. The van der Waals surface area contributed by atoms with E-state index >= 15 is 0 Å². The quantitative estimate of drug-likeness (QED) is 0.807. The normalized spacial score (nSPS) is 10.3. The number of carbonyl (C=O) groups is 1. The van der Waals surface area contributed by atoms with Crippen LogP contribution in [0.25, 0.3) is 0 Å². The van der Waals surface area contributed by atoms with E-state index < -0.39 is 0 Å². The average Bonchev–Trinajstić information content (AvgIpc) is 2.38. The molecule has 0 heterocycles. The minimum Gasteiger partial charge on any atom is -0.508 e. The van der Waals surface area contributed by atoms with Crippen molar-refractivity contribution in [2.75, 3.05) is 13.1 Å². The Morgan fingerprint density at radius 3 is 2.61 bits per heavy atom. The number of benzene rings is 1. The number of hydrogen-bond donors (Lipinski definition) is 1. The number of nitrogens with zero attached hydrogens (tertiary/aromatic N) is 1. The van der Waals surface area contributed by atoms with E-state index in [2.05, 4.69) is 6.92 Å². The number of amides is 1. The SMILES string of the molecule is CCCCN(CC)C(=O)CCc1ccccc1O. The monoisotopic (exact) mass is 249 g/mol. The molecule has 1 aromatic carbocycles. The fourth-order valence-corrected chi connectivity index (χ4v) is 1.93. The predicted octanol–water partition coefficient (Wildman–Crippen LogP) is 2.97. The van der Waals surface area contributed by atoms with E-state index in [4.69, 9.17) is 0 Å². The zero-order chi connectivity index (χ0) is 13.4. The summed E-state index contributed by atoms with van der Waals surface area (Å²) in [5.41, 5.74) is 0.845. The Labute approximate surface area is 109 Å². The molecule has 1 amide bonds. The summed E-state index contributed by atoms with van der Waals surface area (Å²) in [6.07, 6.45) is 3.22. The van der Waals surface area contributed by atoms with Gasteiger partial charge in [-0.15, -0.1) is 0 Å². The maximum atomic E-state index is 12.0. The molecule has 0 spiro atoms. The van der Waals surface area contributed by atoms with Crippen molar-refractivity contribution in [1.29, 1.82) is 0 Å². The molecule has 3 nitrogen and oxygen atoms in total. The zero-order valence-electron chi connectivity index (χ0n) is 11.4. The number of aromatic hydroxyl groups is 1. The Kier molecular flexibility index (Phi) is 6.26. The second-order valence-corrected chi connectivity index (χ2v) is 4.46. The molecule has 1 rings (SSSR count). The fourth-order valence-electron chi connectivity index (χ4n) is 1.93. The van der Waals surface area contributed by atoms with Gasteiger partial charge in [0.1, 0.15) is 5.75 Å². The highest BCUT2D eigenvalue weighted by molar-refractivity contribution is 5.76. The second kappa shape index (κ2) is 7.75. The Morgan fingerprint density at radius 1 is 1.28 bits per heavy atom. The van der Waals surface area contributed by atoms with Gasteiger partial charge in [0, 0.05) is 19.5 Å². The van der Waals surface area contributed by atoms with E-state index in [-0.39, 0.29) is 11.7 Å². The molecule has 0 radical (unpaired) electrons. The third-order valence-electron chi connectivity index (χ3n) is 3.12. The molecule has 0 aromatic heterocycles. The van der Waals surface area contributed by atoms with Crippen LogP contribution in [0.2, 0.25) is 0 Å². The van der Waals surface area contributed by atoms with Gasteiger partial charge >= 0.3 is 0 Å². The molecular weight excluding hydrogens is 226 g/mol. The number of unbranched alkanes of at least 4 members (excludes halogenated alkanes) is 1. The van der Waals surface area contributed by atoms with E-state index in [0.717, 1.165) is 31.5 Å². The Hall–Kier alpha value is -1.51. The summed E-state index contributed by atoms with van der Waals surface area (Å²) in [4.78, 5) is 13.9. The topological polar surface area (TPSA) is 40.5 Å². The first-order chi connectivity index (χ1) is 8.69. The summed E-state index contributed by atoms with van der Waals surface area (Å²) in [7, 11) is 0. The lowest BCUT2D eigenvalue weighted by molar-refractivity contribution is -0.131. The molecule has 0 bridgehead atoms. The van der Waals surface area contributed by atoms with Gasteiger partial charge in [-0.25, -0.2) is 0 Å². The van der Waals surface area contributed by atoms with Crippen LogP contribution in [0.15, 0.2) is 24.3 Å². The van der Waals surface area contributed by atoms with Crippen LogP contribution in [0.3, 0.4) is 0 Å². The van der Waals surface area contributed by atoms with Gasteiger partial charge in [0.15, 0.2) is 0 Å². The smallest absolute Gasteiger partial charge is 0.222 e. The van der Waals surface area contributed by atoms with Crippen molar-refractivity contribution in [1.82, 2.24) is 4.90 Å². The van der Waals surface area contributed by atoms with Crippen molar-refractivity contribution >= 4 is 5.91 Å². The first-order valence-electron chi connectivity index (χ1n) is 6.73. The molecule has 100 valence electrons. The second-order valence-electron chi connectivity index (χ2n) is 4.46. The third-order valence-corrected chi connectivity index (χ3v) is 3.12. The van der Waals surface area contributed by atoms with Crippen molar-refractivity contribution in [3.05, 3.63) is 29.8 Å². The number of carbonyl (C=O) groups excluding carboxylic acids is 1. The molecule has 0 fully saturated rings. The highest BCUT2D eigenvalue weighted by atomic mass is 16.3. The molecular formula is C15H23NO2. The maximum Gasteiger partial charge on any atom is 0.222 e. The predicted molar refractivity (Wildman–Crippen MR) is 73.6 cm³/mol. The van der Waals surface area contributed by atoms with E-state index in [9.17, 15) is 9.90 Å². The van der Waals surface area contributed by atoms with Crippen molar-refractivity contribution in [3.63, 3.8) is 0 Å². The van der Waals surface area contributed by atoms with Crippen LogP contribution < -0.4 is 0 Å². The van der Waals surface area contributed by atoms with Gasteiger partial charge in [0.05, 0.1) is 0 Å². The summed E-state index contributed by atoms with van der Waals surface area (Å²) in [5.74, 6) is 0.455. The van der Waals surface area contributed by atoms with E-state index in [1.54, 1.807) is 12.1 Å². The van der Waals surface area contributed by atoms with Crippen molar-refractivity contribution < 1.29 is 9.90 Å². The van der Waals surface area contributed by atoms with Crippen LogP contribution in [0.1, 0.15) is 38.7 Å². The lowest BCUT2D eigenvalue weighted by Crippen LogP contribution is -2.31. The van der Waals surface area contributed by atoms with Crippen LogP contribution >= 0.6 is 0 Å². The van der Waals surface area contributed by atoms with Gasteiger partial charge < -0.3 is 10.0 Å². The summed E-state index contributed by atoms with van der Waals surface area (Å²) in [5, 5.41) is 9.64. The Morgan fingerprint density at radius 2 is 2.00 bits per heavy atom. The number of phenols is 1. The molecule has 1 aromatic rings. The van der Waals surface area contributed by atoms with Gasteiger partial charge in [-0.1, -0.05) is 31.5 Å². The number of phenolic OH excluding ortho intramolecular Hbond substituents is 1. The standard InChI is InChI=1S/C15H23NO2/c1-3-5-12-16(4-2)15(18)11-10-13-8-6-7-9-14(13)17/h6-9,17H,3-5,10-12H2,1-2H3. The molecule has 0 aliphatic rings. The largest absolute Gasteiger partial charge is 0.508 e. The highest BCUT2D eigenvalue weighted by Crippen LogP contribution is 2.17. The van der Waals surface area contributed by atoms with Crippen LogP contribution in [0.4, 0.5) is 0 Å². The minimum atomic E-state index is 0.175. The van der Waals surface area contributed by atoms with Crippen LogP contribution in [-0.4, -0.2) is 29.0 Å². The van der Waals surface area contributed by atoms with Crippen LogP contribution in [0.5, 0.6) is 5.75 Å². The average molecular weight is 249 g/mol. The van der Waals surface area contributed by atoms with Crippen molar-refractivity contribution in [2.45, 2.75) is 39.5 Å². The summed E-state index contributed by atoms with van der Waals surface area (Å²) in [6.45, 7) is 5.74. The molecule has 1 N–H and O–H groups in total. The molecule has 0 unspecified atom stereocenters. The highest BCUT2D eigenvalue weighted by Gasteiger charge is 2.11. The van der Waals surface area contributed by atoms with Crippen LogP contribution in [0, 0.1) is 0 Å². The van der Waals surface area contributed by atoms with Gasteiger partial charge in [-0.2, -0.15) is 0 Å². The summed E-state index contributed by atoms with van der Waals surface area (Å²) >= 11 is 0. The first-order valence-corrected chi connectivity index (χ1v) is 6.73. The molecule has 0 aliphatic carbocycles. The molecule has 3 heteroatoms. The number of para-hydroxylation sites is 1. The molecule has 0 atom stereocenters. The summed E-state index contributed by atoms with van der Waals surface area (Å²) < 4.78 is 0. The molecule has 0 saturated carbocycles. The Balaban J connectivity index is 2.47. The Bertz CT molecular complexity index is 377. The lowest BCUT2D eigenvalue weighted by Gasteiger charge is -2.20. The van der Waals surface area contributed by atoms with Gasteiger partial charge in [0.2, 0.25) is 5.91 Å². The van der Waals surface area contributed by atoms with Crippen molar-refractivity contribution in [3.8, 4) is 5.75 Å². The molecule has 18 heavy (non-hydrogen) atoms. The number of aryl methyl sites for hydroxylation is 1. The van der Waals surface area contributed by atoms with E-state index in [1.807, 2.05) is 24.0 Å². The fraction of sp³-hybridized carbons (Fsp3) is 0.533. The number of rotatable bonds is 7. The minimum absolute atomic E-state index is 0.175. The lowest BCUT2D eigenvalue weighted by atomic mass is 10.1. The van der Waals surface area contributed by atoms with Crippen molar-refractivity contribution in [2.24, 2.45) is 0 Å². The van der Waals surface area contributed by atoms with E-state index in [1.165, 1.54) is 0 Å². The van der Waals surface area contributed by atoms with Crippen LogP contribution in [-0.2, 0) is 11.2 Å². The maximum absolute atomic E-state index is 12.0. The number of hydrogen-bond acceptors (Lipinski definition) is 2. The van der Waals surface area contributed by atoms with Gasteiger partial charge in [0.25, 0.3) is 0 Å². The first kappa shape index (κ1) is 14.6.